The standard InChI is InChI=1S/C23H24N6O/c1-2-28-19-11-6-5-10-18(19)27-21(28)14-24-23(30)20-12-7-13-29(20)22-16-8-3-4-9-17(16)25-15-26-22/h3-6,8-11,15,20H,2,7,12-14H2,1H3,(H,24,30)/t20-/m1/s1. The monoisotopic (exact) mass is 400 g/mol. The zero-order chi connectivity index (χ0) is 20.5. The van der Waals surface area contributed by atoms with E-state index in [2.05, 4.69) is 37.7 Å². The number of imidazole rings is 1. The van der Waals surface area contributed by atoms with E-state index in [-0.39, 0.29) is 11.9 Å². The van der Waals surface area contributed by atoms with Crippen LogP contribution in [0, 0.1) is 0 Å². The molecule has 1 atom stereocenters. The number of carbonyl (C=O) groups is 1. The van der Waals surface area contributed by atoms with Gasteiger partial charge in [0.1, 0.15) is 24.0 Å². The minimum Gasteiger partial charge on any atom is -0.347 e. The van der Waals surface area contributed by atoms with Crippen LogP contribution in [0.25, 0.3) is 21.9 Å². The Morgan fingerprint density at radius 1 is 1.10 bits per heavy atom. The number of fused-ring (bicyclic) bond motifs is 2. The minimum atomic E-state index is -0.234. The van der Waals surface area contributed by atoms with Gasteiger partial charge < -0.3 is 14.8 Å². The van der Waals surface area contributed by atoms with E-state index in [1.54, 1.807) is 6.33 Å². The number of nitrogens with one attached hydrogen (secondary N) is 1. The first-order chi connectivity index (χ1) is 14.8. The van der Waals surface area contributed by atoms with Crippen LogP contribution in [0.3, 0.4) is 0 Å². The van der Waals surface area contributed by atoms with Crippen LogP contribution in [-0.4, -0.2) is 38.0 Å². The highest BCUT2D eigenvalue weighted by Gasteiger charge is 2.32. The maximum atomic E-state index is 13.1. The van der Waals surface area contributed by atoms with Crippen LogP contribution in [0.4, 0.5) is 5.82 Å². The molecule has 1 fully saturated rings. The van der Waals surface area contributed by atoms with Crippen LogP contribution in [0.1, 0.15) is 25.6 Å². The molecule has 0 spiro atoms. The Kier molecular flexibility index (Phi) is 4.78. The number of aryl methyl sites for hydroxylation is 1. The summed E-state index contributed by atoms with van der Waals surface area (Å²) in [4.78, 5) is 28.8. The van der Waals surface area contributed by atoms with E-state index in [0.29, 0.717) is 6.54 Å². The van der Waals surface area contributed by atoms with E-state index < -0.39 is 0 Å². The van der Waals surface area contributed by atoms with E-state index >= 15 is 0 Å². The molecule has 1 aliphatic heterocycles. The van der Waals surface area contributed by atoms with Crippen molar-refractivity contribution in [3.05, 3.63) is 60.7 Å². The lowest BCUT2D eigenvalue weighted by Gasteiger charge is -2.25. The minimum absolute atomic E-state index is 0.0184. The van der Waals surface area contributed by atoms with Crippen molar-refractivity contribution in [3.8, 4) is 0 Å². The Morgan fingerprint density at radius 2 is 1.90 bits per heavy atom. The molecule has 7 nitrogen and oxygen atoms in total. The first kappa shape index (κ1) is 18.5. The van der Waals surface area contributed by atoms with Gasteiger partial charge >= 0.3 is 0 Å². The molecule has 2 aromatic heterocycles. The summed E-state index contributed by atoms with van der Waals surface area (Å²) in [6, 6.07) is 15.8. The highest BCUT2D eigenvalue weighted by atomic mass is 16.2. The second kappa shape index (κ2) is 7.74. The third-order valence-electron chi connectivity index (χ3n) is 5.82. The molecule has 5 rings (SSSR count). The van der Waals surface area contributed by atoms with E-state index in [1.165, 1.54) is 0 Å². The molecule has 30 heavy (non-hydrogen) atoms. The summed E-state index contributed by atoms with van der Waals surface area (Å²) in [5.41, 5.74) is 2.95. The molecule has 1 saturated heterocycles. The number of para-hydroxylation sites is 3. The van der Waals surface area contributed by atoms with Crippen molar-refractivity contribution in [2.45, 2.75) is 38.9 Å². The van der Waals surface area contributed by atoms with Crippen molar-refractivity contribution in [1.82, 2.24) is 24.8 Å². The summed E-state index contributed by atoms with van der Waals surface area (Å²) in [5, 5.41) is 4.10. The molecule has 1 amide bonds. The molecule has 0 bridgehead atoms. The fraction of sp³-hybridized carbons (Fsp3) is 0.304. The fourth-order valence-corrected chi connectivity index (χ4v) is 4.41. The summed E-state index contributed by atoms with van der Waals surface area (Å²) in [5.74, 6) is 1.73. The Balaban J connectivity index is 1.37. The second-order valence-corrected chi connectivity index (χ2v) is 7.54. The first-order valence-corrected chi connectivity index (χ1v) is 10.4. The van der Waals surface area contributed by atoms with E-state index in [4.69, 9.17) is 4.98 Å². The molecule has 7 heteroatoms. The number of aromatic nitrogens is 4. The van der Waals surface area contributed by atoms with Gasteiger partial charge in [-0.05, 0) is 44.0 Å². The van der Waals surface area contributed by atoms with Crippen LogP contribution in [-0.2, 0) is 17.9 Å². The van der Waals surface area contributed by atoms with Gasteiger partial charge in [-0.3, -0.25) is 4.79 Å². The van der Waals surface area contributed by atoms with Gasteiger partial charge in [-0.15, -0.1) is 0 Å². The summed E-state index contributed by atoms with van der Waals surface area (Å²) >= 11 is 0. The van der Waals surface area contributed by atoms with E-state index in [1.807, 2.05) is 42.5 Å². The van der Waals surface area contributed by atoms with Gasteiger partial charge in [0.05, 0.1) is 23.1 Å². The SMILES string of the molecule is CCn1c(CNC(=O)[C@H]2CCCN2c2ncnc3ccccc23)nc2ccccc21. The lowest BCUT2D eigenvalue weighted by molar-refractivity contribution is -0.122. The first-order valence-electron chi connectivity index (χ1n) is 10.4. The van der Waals surface area contributed by atoms with Crippen molar-refractivity contribution >= 4 is 33.7 Å². The Bertz CT molecular complexity index is 1210. The second-order valence-electron chi connectivity index (χ2n) is 7.54. The largest absolute Gasteiger partial charge is 0.347 e. The third-order valence-corrected chi connectivity index (χ3v) is 5.82. The van der Waals surface area contributed by atoms with Gasteiger partial charge in [-0.25, -0.2) is 15.0 Å². The predicted molar refractivity (Wildman–Crippen MR) is 117 cm³/mol. The maximum Gasteiger partial charge on any atom is 0.243 e. The lowest BCUT2D eigenvalue weighted by atomic mass is 10.2. The normalized spacial score (nSPS) is 16.4. The van der Waals surface area contributed by atoms with Crippen molar-refractivity contribution in [3.63, 3.8) is 0 Å². The zero-order valence-corrected chi connectivity index (χ0v) is 17.0. The van der Waals surface area contributed by atoms with Crippen LogP contribution in [0.5, 0.6) is 0 Å². The molecule has 1 aliphatic rings. The smallest absolute Gasteiger partial charge is 0.243 e. The molecule has 152 valence electrons. The van der Waals surface area contributed by atoms with Gasteiger partial charge in [0, 0.05) is 18.5 Å². The molecule has 0 aliphatic carbocycles. The lowest BCUT2D eigenvalue weighted by Crippen LogP contribution is -2.43. The van der Waals surface area contributed by atoms with E-state index in [9.17, 15) is 4.79 Å². The highest BCUT2D eigenvalue weighted by Crippen LogP contribution is 2.29. The highest BCUT2D eigenvalue weighted by molar-refractivity contribution is 5.93. The van der Waals surface area contributed by atoms with Crippen LogP contribution in [0.15, 0.2) is 54.9 Å². The number of amides is 1. The molecular weight excluding hydrogens is 376 g/mol. The summed E-state index contributed by atoms with van der Waals surface area (Å²) in [7, 11) is 0. The van der Waals surface area contributed by atoms with Crippen LogP contribution < -0.4 is 10.2 Å². The Labute approximate surface area is 174 Å². The fourth-order valence-electron chi connectivity index (χ4n) is 4.41. The van der Waals surface area contributed by atoms with Gasteiger partial charge in [-0.1, -0.05) is 24.3 Å². The number of benzene rings is 2. The predicted octanol–water partition coefficient (Wildman–Crippen LogP) is 3.28. The van der Waals surface area contributed by atoms with Crippen LogP contribution >= 0.6 is 0 Å². The number of carbonyl (C=O) groups excluding carboxylic acids is 1. The van der Waals surface area contributed by atoms with Crippen molar-refractivity contribution in [1.29, 1.82) is 0 Å². The number of nitrogens with zero attached hydrogens (tertiary/aromatic N) is 5. The molecule has 4 aromatic rings. The number of rotatable bonds is 5. The van der Waals surface area contributed by atoms with Gasteiger partial charge in [0.15, 0.2) is 0 Å². The number of hydrogen-bond donors (Lipinski definition) is 1. The quantitative estimate of drug-likeness (QED) is 0.556. The molecule has 0 unspecified atom stereocenters. The zero-order valence-electron chi connectivity index (χ0n) is 17.0. The molecule has 3 heterocycles. The molecule has 0 radical (unpaired) electrons. The summed E-state index contributed by atoms with van der Waals surface area (Å²) < 4.78 is 2.15. The van der Waals surface area contributed by atoms with Crippen molar-refractivity contribution in [2.75, 3.05) is 11.4 Å². The summed E-state index contributed by atoms with van der Waals surface area (Å²) in [6.07, 6.45) is 3.35. The molecule has 0 saturated carbocycles. The molecule has 1 N–H and O–H groups in total. The Hall–Kier alpha value is -3.48. The molecule has 2 aromatic carbocycles. The third kappa shape index (κ3) is 3.16. The van der Waals surface area contributed by atoms with E-state index in [0.717, 1.165) is 59.5 Å². The summed E-state index contributed by atoms with van der Waals surface area (Å²) in [6.45, 7) is 4.13. The van der Waals surface area contributed by atoms with Gasteiger partial charge in [0.2, 0.25) is 5.91 Å². The Morgan fingerprint density at radius 3 is 2.77 bits per heavy atom. The maximum absolute atomic E-state index is 13.1. The number of hydrogen-bond acceptors (Lipinski definition) is 5. The van der Waals surface area contributed by atoms with Gasteiger partial charge in [0.25, 0.3) is 0 Å². The van der Waals surface area contributed by atoms with Crippen LogP contribution in [0.2, 0.25) is 0 Å². The topological polar surface area (TPSA) is 75.9 Å². The van der Waals surface area contributed by atoms with Crippen molar-refractivity contribution < 1.29 is 4.79 Å². The number of anilines is 1. The average molecular weight is 400 g/mol. The average Bonchev–Trinajstić information content (AvgIpc) is 3.41. The van der Waals surface area contributed by atoms with Gasteiger partial charge in [-0.2, -0.15) is 0 Å². The molecular formula is C23H24N6O. The van der Waals surface area contributed by atoms with Crippen molar-refractivity contribution in [2.24, 2.45) is 0 Å².